The highest BCUT2D eigenvalue weighted by Gasteiger charge is 2.49. The second kappa shape index (κ2) is 6.83. The van der Waals surface area contributed by atoms with Crippen molar-refractivity contribution in [3.05, 3.63) is 0 Å². The molecule has 1 N–H and O–H groups in total. The van der Waals surface area contributed by atoms with Gasteiger partial charge in [-0.1, -0.05) is 13.8 Å². The molecule has 0 aromatic heterocycles. The first-order chi connectivity index (χ1) is 11.7. The summed E-state index contributed by atoms with van der Waals surface area (Å²) in [4.78, 5) is 5.35. The molecule has 0 radical (unpaired) electrons. The van der Waals surface area contributed by atoms with E-state index in [4.69, 9.17) is 0 Å². The molecule has 3 fully saturated rings. The number of likely N-dealkylation sites (tertiary alicyclic amines) is 1. The summed E-state index contributed by atoms with van der Waals surface area (Å²) in [7, 11) is 2.27. The summed E-state index contributed by atoms with van der Waals surface area (Å²) in [6, 6.07) is 4.20. The molecular formula is C21H38N4. The van der Waals surface area contributed by atoms with Crippen molar-refractivity contribution in [1.29, 1.82) is 5.26 Å². The van der Waals surface area contributed by atoms with Gasteiger partial charge in [-0.3, -0.25) is 4.90 Å². The summed E-state index contributed by atoms with van der Waals surface area (Å²) in [5.74, 6) is 0. The van der Waals surface area contributed by atoms with Crippen molar-refractivity contribution < 1.29 is 0 Å². The molecule has 0 saturated carbocycles. The summed E-state index contributed by atoms with van der Waals surface area (Å²) < 4.78 is 0. The molecule has 0 spiro atoms. The maximum Gasteiger partial charge on any atom is 0.0696 e. The molecule has 0 aliphatic carbocycles. The molecule has 3 aliphatic rings. The quantitative estimate of drug-likeness (QED) is 0.830. The third-order valence-corrected chi connectivity index (χ3v) is 7.69. The zero-order valence-corrected chi connectivity index (χ0v) is 17.1. The van der Waals surface area contributed by atoms with Crippen LogP contribution in [-0.2, 0) is 0 Å². The number of nitriles is 1. The van der Waals surface area contributed by atoms with E-state index in [-0.39, 0.29) is 16.4 Å². The van der Waals surface area contributed by atoms with Gasteiger partial charge in [-0.05, 0) is 77.9 Å². The molecule has 2 unspecified atom stereocenters. The SMILES string of the molecule is CN1CC2CCC(C1)N2C(C)(C)CCC(C)(C)C1(C#N)CCNCC1. The number of rotatable bonds is 5. The van der Waals surface area contributed by atoms with Gasteiger partial charge < -0.3 is 10.2 Å². The van der Waals surface area contributed by atoms with Crippen LogP contribution >= 0.6 is 0 Å². The van der Waals surface area contributed by atoms with Crippen LogP contribution in [0.4, 0.5) is 0 Å². The number of piperidine rings is 1. The number of hydrogen-bond donors (Lipinski definition) is 1. The van der Waals surface area contributed by atoms with Gasteiger partial charge in [-0.15, -0.1) is 0 Å². The topological polar surface area (TPSA) is 42.3 Å². The average molecular weight is 347 g/mol. The Hall–Kier alpha value is -0.630. The van der Waals surface area contributed by atoms with Crippen LogP contribution in [0.5, 0.6) is 0 Å². The van der Waals surface area contributed by atoms with E-state index in [1.807, 2.05) is 0 Å². The molecule has 3 aliphatic heterocycles. The lowest BCUT2D eigenvalue weighted by Crippen LogP contribution is -2.60. The standard InChI is InChI=1S/C21H38N4/c1-19(2,21(16-22)10-12-23-13-11-21)8-9-20(3,4)25-17-6-7-18(25)15-24(5)14-17/h17-18,23H,6-15H2,1-5H3. The van der Waals surface area contributed by atoms with Gasteiger partial charge in [-0.25, -0.2) is 0 Å². The summed E-state index contributed by atoms with van der Waals surface area (Å²) in [6.45, 7) is 14.0. The molecular weight excluding hydrogens is 308 g/mol. The van der Waals surface area contributed by atoms with Gasteiger partial charge in [0, 0.05) is 30.7 Å². The van der Waals surface area contributed by atoms with Gasteiger partial charge in [0.1, 0.15) is 0 Å². The molecule has 3 rings (SSSR count). The van der Waals surface area contributed by atoms with E-state index in [1.54, 1.807) is 0 Å². The maximum atomic E-state index is 9.98. The van der Waals surface area contributed by atoms with Crippen LogP contribution in [0.1, 0.15) is 66.2 Å². The van der Waals surface area contributed by atoms with Gasteiger partial charge >= 0.3 is 0 Å². The van der Waals surface area contributed by atoms with E-state index < -0.39 is 0 Å². The van der Waals surface area contributed by atoms with E-state index in [2.05, 4.69) is 55.9 Å². The monoisotopic (exact) mass is 346 g/mol. The predicted octanol–water partition coefficient (Wildman–Crippen LogP) is 3.24. The Morgan fingerprint density at radius 1 is 1.04 bits per heavy atom. The molecule has 0 amide bonds. The molecule has 4 heteroatoms. The van der Waals surface area contributed by atoms with E-state index in [1.165, 1.54) is 32.4 Å². The van der Waals surface area contributed by atoms with Crippen molar-refractivity contribution in [3.8, 4) is 6.07 Å². The van der Waals surface area contributed by atoms with E-state index in [0.717, 1.165) is 44.4 Å². The highest BCUT2D eigenvalue weighted by atomic mass is 15.3. The Balaban J connectivity index is 1.68. The molecule has 0 aromatic rings. The van der Waals surface area contributed by atoms with Gasteiger partial charge in [-0.2, -0.15) is 5.26 Å². The van der Waals surface area contributed by atoms with Crippen LogP contribution in [0.15, 0.2) is 0 Å². The second-order valence-electron chi connectivity index (χ2n) is 10.2. The largest absolute Gasteiger partial charge is 0.317 e. The van der Waals surface area contributed by atoms with E-state index in [9.17, 15) is 5.26 Å². The minimum Gasteiger partial charge on any atom is -0.317 e. The Morgan fingerprint density at radius 2 is 1.60 bits per heavy atom. The Kier molecular flexibility index (Phi) is 5.23. The fraction of sp³-hybridized carbons (Fsp3) is 0.952. The van der Waals surface area contributed by atoms with Crippen LogP contribution < -0.4 is 5.32 Å². The minimum absolute atomic E-state index is 0.0761. The highest BCUT2D eigenvalue weighted by molar-refractivity contribution is 5.10. The van der Waals surface area contributed by atoms with Crippen LogP contribution in [0.3, 0.4) is 0 Å². The summed E-state index contributed by atoms with van der Waals surface area (Å²) in [5, 5.41) is 13.4. The predicted molar refractivity (Wildman–Crippen MR) is 103 cm³/mol. The smallest absolute Gasteiger partial charge is 0.0696 e. The van der Waals surface area contributed by atoms with Gasteiger partial charge in [0.05, 0.1) is 11.5 Å². The van der Waals surface area contributed by atoms with E-state index in [0.29, 0.717) is 0 Å². The van der Waals surface area contributed by atoms with Crippen molar-refractivity contribution >= 4 is 0 Å². The third kappa shape index (κ3) is 3.48. The maximum absolute atomic E-state index is 9.98. The van der Waals surface area contributed by atoms with Crippen LogP contribution in [-0.4, -0.2) is 60.6 Å². The van der Waals surface area contributed by atoms with Crippen molar-refractivity contribution in [3.63, 3.8) is 0 Å². The molecule has 2 atom stereocenters. The Labute approximate surface area is 154 Å². The molecule has 2 bridgehead atoms. The number of fused-ring (bicyclic) bond motifs is 2. The fourth-order valence-corrected chi connectivity index (χ4v) is 5.88. The van der Waals surface area contributed by atoms with Crippen molar-refractivity contribution in [2.75, 3.05) is 33.2 Å². The van der Waals surface area contributed by atoms with Crippen LogP contribution in [0, 0.1) is 22.2 Å². The zero-order valence-electron chi connectivity index (χ0n) is 17.1. The lowest BCUT2D eigenvalue weighted by molar-refractivity contribution is -0.0161. The highest BCUT2D eigenvalue weighted by Crippen LogP contribution is 2.50. The Morgan fingerprint density at radius 3 is 2.12 bits per heavy atom. The molecule has 4 nitrogen and oxygen atoms in total. The first kappa shape index (κ1) is 19.1. The number of hydrogen-bond acceptors (Lipinski definition) is 4. The molecule has 142 valence electrons. The second-order valence-corrected chi connectivity index (χ2v) is 10.2. The van der Waals surface area contributed by atoms with E-state index >= 15 is 0 Å². The lowest BCUT2D eigenvalue weighted by atomic mass is 9.59. The third-order valence-electron chi connectivity index (χ3n) is 7.69. The molecule has 25 heavy (non-hydrogen) atoms. The molecule has 3 heterocycles. The van der Waals surface area contributed by atoms with Crippen LogP contribution in [0.25, 0.3) is 0 Å². The summed E-state index contributed by atoms with van der Waals surface area (Å²) >= 11 is 0. The zero-order chi connectivity index (χ0) is 18.3. The van der Waals surface area contributed by atoms with Gasteiger partial charge in [0.25, 0.3) is 0 Å². The van der Waals surface area contributed by atoms with Crippen molar-refractivity contribution in [1.82, 2.24) is 15.1 Å². The lowest BCUT2D eigenvalue weighted by Gasteiger charge is -2.51. The average Bonchev–Trinajstić information content (AvgIpc) is 2.87. The number of piperazine rings is 1. The fourth-order valence-electron chi connectivity index (χ4n) is 5.88. The summed E-state index contributed by atoms with van der Waals surface area (Å²) in [5.41, 5.74) is 0.149. The Bertz CT molecular complexity index is 498. The van der Waals surface area contributed by atoms with Crippen LogP contribution in [0.2, 0.25) is 0 Å². The minimum atomic E-state index is -0.157. The number of nitrogens with zero attached hydrogens (tertiary/aromatic N) is 3. The normalized spacial score (nSPS) is 31.0. The van der Waals surface area contributed by atoms with Crippen molar-refractivity contribution in [2.45, 2.75) is 83.8 Å². The number of likely N-dealkylation sites (N-methyl/N-ethyl adjacent to an activating group) is 1. The first-order valence-electron chi connectivity index (χ1n) is 10.3. The first-order valence-corrected chi connectivity index (χ1v) is 10.3. The summed E-state index contributed by atoms with van der Waals surface area (Å²) in [6.07, 6.45) is 7.03. The molecule has 3 saturated heterocycles. The molecule has 0 aromatic carbocycles. The van der Waals surface area contributed by atoms with Gasteiger partial charge in [0.15, 0.2) is 0 Å². The van der Waals surface area contributed by atoms with Crippen molar-refractivity contribution in [2.24, 2.45) is 10.8 Å². The number of nitrogens with one attached hydrogen (secondary N) is 1. The van der Waals surface area contributed by atoms with Gasteiger partial charge in [0.2, 0.25) is 0 Å².